The molecule has 18 heavy (non-hydrogen) atoms. The van der Waals surface area contributed by atoms with Crippen LogP contribution in [0, 0.1) is 6.92 Å². The van der Waals surface area contributed by atoms with E-state index in [1.54, 1.807) is 37.3 Å². The number of aromatic nitrogens is 2. The highest BCUT2D eigenvalue weighted by molar-refractivity contribution is 6.07. The molecule has 1 aromatic carbocycles. The minimum atomic E-state index is -0.593. The number of hydrogen-bond acceptors (Lipinski definition) is 3. The van der Waals surface area contributed by atoms with Gasteiger partial charge in [0.15, 0.2) is 5.69 Å². The predicted octanol–water partition coefficient (Wildman–Crippen LogP) is 1.07. The number of aryl methyl sites for hydroxylation is 1. The van der Waals surface area contributed by atoms with Crippen molar-refractivity contribution in [2.75, 3.05) is 5.32 Å². The van der Waals surface area contributed by atoms with Crippen molar-refractivity contribution >= 4 is 17.5 Å². The molecule has 0 bridgehead atoms. The van der Waals surface area contributed by atoms with Gasteiger partial charge in [-0.15, -0.1) is 0 Å². The lowest BCUT2D eigenvalue weighted by Crippen LogP contribution is -2.18. The number of amides is 2. The van der Waals surface area contributed by atoms with Crippen LogP contribution < -0.4 is 11.1 Å². The van der Waals surface area contributed by atoms with E-state index in [1.165, 1.54) is 0 Å². The van der Waals surface area contributed by atoms with E-state index >= 15 is 0 Å². The summed E-state index contributed by atoms with van der Waals surface area (Å²) in [5.74, 6) is -0.989. The molecule has 6 heteroatoms. The molecule has 2 aromatic rings. The van der Waals surface area contributed by atoms with E-state index in [-0.39, 0.29) is 11.3 Å². The number of carbonyl (C=O) groups is 2. The molecule has 0 atom stereocenters. The lowest BCUT2D eigenvalue weighted by molar-refractivity contribution is 0.100. The van der Waals surface area contributed by atoms with Gasteiger partial charge in [-0.05, 0) is 25.1 Å². The van der Waals surface area contributed by atoms with Crippen molar-refractivity contribution in [2.24, 2.45) is 5.73 Å². The zero-order valence-electron chi connectivity index (χ0n) is 9.73. The van der Waals surface area contributed by atoms with Gasteiger partial charge >= 0.3 is 0 Å². The normalized spacial score (nSPS) is 10.1. The first-order chi connectivity index (χ1) is 8.58. The molecule has 6 nitrogen and oxygen atoms in total. The predicted molar refractivity (Wildman–Crippen MR) is 66.2 cm³/mol. The molecule has 0 radical (unpaired) electrons. The second-order valence-electron chi connectivity index (χ2n) is 3.80. The molecule has 2 amide bonds. The number of nitrogens with two attached hydrogens (primary N) is 1. The van der Waals surface area contributed by atoms with E-state index in [0.29, 0.717) is 5.69 Å². The fraction of sp³-hybridized carbons (Fsp3) is 0.0833. The Morgan fingerprint density at radius 3 is 2.67 bits per heavy atom. The van der Waals surface area contributed by atoms with Crippen LogP contribution in [0.25, 0.3) is 0 Å². The van der Waals surface area contributed by atoms with Gasteiger partial charge in [0, 0.05) is 5.69 Å². The number of H-pyrrole nitrogens is 1. The summed E-state index contributed by atoms with van der Waals surface area (Å²) >= 11 is 0. The van der Waals surface area contributed by atoms with Crippen LogP contribution in [-0.4, -0.2) is 22.0 Å². The molecule has 1 aromatic heterocycles. The number of aromatic amines is 1. The molecular weight excluding hydrogens is 232 g/mol. The fourth-order valence-electron chi connectivity index (χ4n) is 1.53. The minimum Gasteiger partial charge on any atom is -0.366 e. The summed E-state index contributed by atoms with van der Waals surface area (Å²) in [6, 6.07) is 8.15. The van der Waals surface area contributed by atoms with Gasteiger partial charge in [-0.1, -0.05) is 12.1 Å². The average molecular weight is 244 g/mol. The molecule has 0 aliphatic carbocycles. The summed E-state index contributed by atoms with van der Waals surface area (Å²) in [7, 11) is 0. The molecule has 0 spiro atoms. The average Bonchev–Trinajstić information content (AvgIpc) is 2.76. The Morgan fingerprint density at radius 1 is 1.33 bits per heavy atom. The molecule has 0 fully saturated rings. The first-order valence-corrected chi connectivity index (χ1v) is 5.30. The molecule has 2 rings (SSSR count). The molecule has 0 unspecified atom stereocenters. The van der Waals surface area contributed by atoms with Crippen LogP contribution in [0.15, 0.2) is 30.3 Å². The summed E-state index contributed by atoms with van der Waals surface area (Å²) < 4.78 is 0. The quantitative estimate of drug-likeness (QED) is 0.752. The maximum atomic E-state index is 11.9. The monoisotopic (exact) mass is 244 g/mol. The zero-order chi connectivity index (χ0) is 13.1. The van der Waals surface area contributed by atoms with Crippen LogP contribution in [0.3, 0.4) is 0 Å². The zero-order valence-corrected chi connectivity index (χ0v) is 9.73. The van der Waals surface area contributed by atoms with E-state index in [0.717, 1.165) is 5.69 Å². The van der Waals surface area contributed by atoms with Crippen molar-refractivity contribution in [1.82, 2.24) is 10.2 Å². The van der Waals surface area contributed by atoms with Crippen molar-refractivity contribution in [1.29, 1.82) is 0 Å². The Bertz CT molecular complexity index is 604. The van der Waals surface area contributed by atoms with Crippen molar-refractivity contribution in [2.45, 2.75) is 6.92 Å². The maximum absolute atomic E-state index is 11.9. The lowest BCUT2D eigenvalue weighted by Gasteiger charge is -2.06. The van der Waals surface area contributed by atoms with Gasteiger partial charge in [0.2, 0.25) is 0 Å². The lowest BCUT2D eigenvalue weighted by atomic mass is 10.1. The van der Waals surface area contributed by atoms with Gasteiger partial charge in [-0.2, -0.15) is 5.10 Å². The first-order valence-electron chi connectivity index (χ1n) is 5.30. The van der Waals surface area contributed by atoms with Gasteiger partial charge in [-0.25, -0.2) is 0 Å². The Balaban J connectivity index is 2.24. The number of rotatable bonds is 3. The Labute approximate surface area is 103 Å². The Kier molecular flexibility index (Phi) is 3.09. The van der Waals surface area contributed by atoms with E-state index in [2.05, 4.69) is 15.5 Å². The third-order valence-corrected chi connectivity index (χ3v) is 2.38. The molecule has 92 valence electrons. The van der Waals surface area contributed by atoms with Crippen LogP contribution >= 0.6 is 0 Å². The molecule has 4 N–H and O–H groups in total. The molecular formula is C12H12N4O2. The second kappa shape index (κ2) is 4.70. The number of para-hydroxylation sites is 1. The molecule has 1 heterocycles. The second-order valence-corrected chi connectivity index (χ2v) is 3.80. The summed E-state index contributed by atoms with van der Waals surface area (Å²) in [5.41, 5.74) is 6.89. The summed E-state index contributed by atoms with van der Waals surface area (Å²) in [6.07, 6.45) is 0. The van der Waals surface area contributed by atoms with E-state index in [1.807, 2.05) is 0 Å². The smallest absolute Gasteiger partial charge is 0.276 e. The van der Waals surface area contributed by atoms with E-state index in [9.17, 15) is 9.59 Å². The highest BCUT2D eigenvalue weighted by Crippen LogP contribution is 2.15. The fourth-order valence-corrected chi connectivity index (χ4v) is 1.53. The topological polar surface area (TPSA) is 101 Å². The van der Waals surface area contributed by atoms with Crippen LogP contribution in [0.4, 0.5) is 5.69 Å². The number of hydrogen-bond donors (Lipinski definition) is 3. The molecule has 0 saturated heterocycles. The van der Waals surface area contributed by atoms with Crippen LogP contribution in [0.5, 0.6) is 0 Å². The SMILES string of the molecule is Cc1cc(C(=O)Nc2ccccc2C(N)=O)n[nH]1. The molecule has 0 aliphatic rings. The Morgan fingerprint density at radius 2 is 2.06 bits per heavy atom. The number of nitrogens with zero attached hydrogens (tertiary/aromatic N) is 1. The van der Waals surface area contributed by atoms with Gasteiger partial charge in [0.25, 0.3) is 11.8 Å². The first kappa shape index (κ1) is 11.8. The van der Waals surface area contributed by atoms with Crippen molar-refractivity contribution in [3.8, 4) is 0 Å². The van der Waals surface area contributed by atoms with Crippen molar-refractivity contribution in [3.63, 3.8) is 0 Å². The van der Waals surface area contributed by atoms with Gasteiger partial charge in [-0.3, -0.25) is 14.7 Å². The van der Waals surface area contributed by atoms with E-state index in [4.69, 9.17) is 5.73 Å². The van der Waals surface area contributed by atoms with Gasteiger partial charge in [0.05, 0.1) is 11.3 Å². The summed E-state index contributed by atoms with van der Waals surface area (Å²) in [4.78, 5) is 23.0. The van der Waals surface area contributed by atoms with Crippen molar-refractivity contribution in [3.05, 3.63) is 47.3 Å². The summed E-state index contributed by atoms with van der Waals surface area (Å²) in [6.45, 7) is 1.79. The van der Waals surface area contributed by atoms with Gasteiger partial charge < -0.3 is 11.1 Å². The maximum Gasteiger partial charge on any atom is 0.276 e. The minimum absolute atomic E-state index is 0.256. The van der Waals surface area contributed by atoms with Crippen molar-refractivity contribution < 1.29 is 9.59 Å². The van der Waals surface area contributed by atoms with Crippen LogP contribution in [0.1, 0.15) is 26.5 Å². The van der Waals surface area contributed by atoms with Crippen LogP contribution in [-0.2, 0) is 0 Å². The molecule has 0 saturated carbocycles. The number of nitrogens with one attached hydrogen (secondary N) is 2. The highest BCUT2D eigenvalue weighted by Gasteiger charge is 2.13. The number of benzene rings is 1. The number of carbonyl (C=O) groups excluding carboxylic acids is 2. The van der Waals surface area contributed by atoms with Gasteiger partial charge in [0.1, 0.15) is 0 Å². The highest BCUT2D eigenvalue weighted by atomic mass is 16.2. The van der Waals surface area contributed by atoms with E-state index < -0.39 is 11.8 Å². The third-order valence-electron chi connectivity index (χ3n) is 2.38. The third kappa shape index (κ3) is 2.37. The number of anilines is 1. The largest absolute Gasteiger partial charge is 0.366 e. The van der Waals surface area contributed by atoms with Crippen LogP contribution in [0.2, 0.25) is 0 Å². The summed E-state index contributed by atoms with van der Waals surface area (Å²) in [5, 5.41) is 9.10. The number of primary amides is 1. The Hall–Kier alpha value is -2.63. The standard InChI is InChI=1S/C12H12N4O2/c1-7-6-10(16-15-7)12(18)14-9-5-3-2-4-8(9)11(13)17/h2-6H,1H3,(H2,13,17)(H,14,18)(H,15,16). The molecule has 0 aliphatic heterocycles.